The molecule has 0 unspecified atom stereocenters. The van der Waals surface area contributed by atoms with E-state index in [4.69, 9.17) is 4.74 Å². The first-order valence-corrected chi connectivity index (χ1v) is 23.4. The van der Waals surface area contributed by atoms with Gasteiger partial charge in [-0.05, 0) is 117 Å². The fourth-order valence-corrected chi connectivity index (χ4v) is 11.5. The number of benzene rings is 8. The predicted octanol–water partition coefficient (Wildman–Crippen LogP) is 11.9. The maximum atomic E-state index is 7.41. The smallest absolute Gasteiger partial charge is 0.251 e. The van der Waals surface area contributed by atoms with Gasteiger partial charge in [0.1, 0.15) is 11.5 Å². The molecule has 306 valence electrons. The molecule has 0 fully saturated rings. The van der Waals surface area contributed by atoms with Crippen molar-refractivity contribution in [1.29, 1.82) is 0 Å². The summed E-state index contributed by atoms with van der Waals surface area (Å²) in [4.78, 5) is 7.46. The molecule has 0 saturated carbocycles. The Kier molecular flexibility index (Phi) is 9.88. The quantitative estimate of drug-likeness (QED) is 0.142. The zero-order valence-electron chi connectivity index (χ0n) is 36.8. The summed E-state index contributed by atoms with van der Waals surface area (Å²) in [6, 6.07) is 65.0. The first-order chi connectivity index (χ1) is 30.7. The number of nitrogens with zero attached hydrogens (tertiary/aromatic N) is 2. The van der Waals surface area contributed by atoms with Gasteiger partial charge in [-0.25, -0.2) is 0 Å². The fraction of sp³-hybridized carbons (Fsp3) is 0.158. The number of rotatable bonds is 8. The van der Waals surface area contributed by atoms with E-state index in [1.807, 2.05) is 11.8 Å². The van der Waals surface area contributed by atoms with Crippen LogP contribution >= 0.6 is 11.8 Å². The first kappa shape index (κ1) is 39.5. The summed E-state index contributed by atoms with van der Waals surface area (Å²) in [7, 11) is 0. The Morgan fingerprint density at radius 1 is 0.444 bits per heavy atom. The standard InChI is InChI=1S/C57H50B2N2OS/c1-36(2)39-31-44(37(3)4)56(45(32-39)38(5)6)58-46-30-29-43(60(40-19-10-7-11-20-40)41-21-12-8-13-22-41)33-52(46)62-53-35-51-48(34-49(53)58)59-47-25-16-17-27-54(47)63-55-28-18-26-50(57(55)59)61(51)42-23-14-9-15-24-42/h7-38H,1-6H3. The predicted molar refractivity (Wildman–Crippen MR) is 271 cm³/mol. The van der Waals surface area contributed by atoms with Crippen molar-refractivity contribution in [1.82, 2.24) is 0 Å². The van der Waals surface area contributed by atoms with Crippen LogP contribution in [-0.4, -0.2) is 13.4 Å². The largest absolute Gasteiger partial charge is 0.458 e. The molecular weight excluding hydrogens is 782 g/mol. The molecule has 3 aliphatic heterocycles. The van der Waals surface area contributed by atoms with Gasteiger partial charge in [0.15, 0.2) is 0 Å². The van der Waals surface area contributed by atoms with E-state index in [-0.39, 0.29) is 13.4 Å². The van der Waals surface area contributed by atoms with Crippen molar-refractivity contribution in [3.8, 4) is 11.5 Å². The normalized spacial score (nSPS) is 13.3. The van der Waals surface area contributed by atoms with Gasteiger partial charge in [-0.2, -0.15) is 0 Å². The number of anilines is 6. The second-order valence-electron chi connectivity index (χ2n) is 18.2. The summed E-state index contributed by atoms with van der Waals surface area (Å²) >= 11 is 1.90. The molecule has 0 bridgehead atoms. The summed E-state index contributed by atoms with van der Waals surface area (Å²) in [5, 5.41) is 0. The van der Waals surface area contributed by atoms with Crippen molar-refractivity contribution in [3.05, 3.63) is 193 Å². The minimum absolute atomic E-state index is 0.0592. The van der Waals surface area contributed by atoms with Gasteiger partial charge in [-0.15, -0.1) is 0 Å². The molecule has 0 N–H and O–H groups in total. The van der Waals surface area contributed by atoms with Gasteiger partial charge in [0.2, 0.25) is 6.71 Å². The molecule has 8 aromatic carbocycles. The molecule has 63 heavy (non-hydrogen) atoms. The summed E-state index contributed by atoms with van der Waals surface area (Å²) in [6.07, 6.45) is 0. The van der Waals surface area contributed by atoms with Gasteiger partial charge in [-0.1, -0.05) is 167 Å². The Hall–Kier alpha value is -6.36. The van der Waals surface area contributed by atoms with E-state index in [2.05, 4.69) is 227 Å². The Bertz CT molecular complexity index is 2960. The molecular formula is C57H50B2N2OS. The number of para-hydroxylation sites is 3. The van der Waals surface area contributed by atoms with Crippen LogP contribution < -0.4 is 47.3 Å². The molecule has 0 atom stereocenters. The van der Waals surface area contributed by atoms with Gasteiger partial charge >= 0.3 is 0 Å². The molecule has 6 heteroatoms. The van der Waals surface area contributed by atoms with Crippen LogP contribution in [0.25, 0.3) is 0 Å². The third kappa shape index (κ3) is 6.61. The van der Waals surface area contributed by atoms with Gasteiger partial charge in [0.25, 0.3) is 6.71 Å². The molecule has 3 aliphatic rings. The maximum absolute atomic E-state index is 7.41. The van der Waals surface area contributed by atoms with E-state index in [1.54, 1.807) is 0 Å². The second-order valence-corrected chi connectivity index (χ2v) is 19.3. The van der Waals surface area contributed by atoms with Gasteiger partial charge in [0.05, 0.1) is 0 Å². The number of fused-ring (bicyclic) bond motifs is 6. The van der Waals surface area contributed by atoms with E-state index in [9.17, 15) is 0 Å². The van der Waals surface area contributed by atoms with Gasteiger partial charge in [0, 0.05) is 56.0 Å². The lowest BCUT2D eigenvalue weighted by Gasteiger charge is -2.41. The van der Waals surface area contributed by atoms with Crippen LogP contribution in [0.4, 0.5) is 34.1 Å². The van der Waals surface area contributed by atoms with Crippen LogP contribution in [-0.2, 0) is 0 Å². The highest BCUT2D eigenvalue weighted by molar-refractivity contribution is 8.00. The number of hydrogen-bond acceptors (Lipinski definition) is 4. The minimum atomic E-state index is -0.0592. The Labute approximate surface area is 377 Å². The zero-order valence-corrected chi connectivity index (χ0v) is 37.7. The van der Waals surface area contributed by atoms with Crippen molar-refractivity contribution in [2.75, 3.05) is 9.80 Å². The summed E-state index contributed by atoms with van der Waals surface area (Å²) < 4.78 is 7.41. The lowest BCUT2D eigenvalue weighted by atomic mass is 9.31. The topological polar surface area (TPSA) is 15.7 Å². The molecule has 0 saturated heterocycles. The monoisotopic (exact) mass is 832 g/mol. The molecule has 0 aliphatic carbocycles. The Balaban J connectivity index is 1.21. The van der Waals surface area contributed by atoms with E-state index >= 15 is 0 Å². The van der Waals surface area contributed by atoms with Crippen molar-refractivity contribution in [2.45, 2.75) is 69.1 Å². The zero-order chi connectivity index (χ0) is 42.9. The van der Waals surface area contributed by atoms with Crippen LogP contribution in [0.2, 0.25) is 0 Å². The van der Waals surface area contributed by atoms with Crippen LogP contribution in [0.15, 0.2) is 186 Å². The van der Waals surface area contributed by atoms with Crippen molar-refractivity contribution in [2.24, 2.45) is 0 Å². The first-order valence-electron chi connectivity index (χ1n) is 22.6. The number of ether oxygens (including phenoxy) is 1. The van der Waals surface area contributed by atoms with Crippen LogP contribution in [0, 0.1) is 0 Å². The van der Waals surface area contributed by atoms with E-state index < -0.39 is 0 Å². The third-order valence-electron chi connectivity index (χ3n) is 13.3. The molecule has 0 radical (unpaired) electrons. The summed E-state index contributed by atoms with van der Waals surface area (Å²) in [6.45, 7) is 14.1. The second kappa shape index (κ2) is 15.8. The minimum Gasteiger partial charge on any atom is -0.458 e. The average Bonchev–Trinajstić information content (AvgIpc) is 3.30. The fourth-order valence-electron chi connectivity index (χ4n) is 10.4. The van der Waals surface area contributed by atoms with E-state index in [0.29, 0.717) is 17.8 Å². The SMILES string of the molecule is CC(C)c1cc(C(C)C)c(B2c3ccc(N(c4ccccc4)c4ccccc4)cc3Oc3cc4c(cc32)B2c3ccccc3Sc3cccc(c32)N4c2ccccc2)c(C(C)C)c1. The van der Waals surface area contributed by atoms with Crippen molar-refractivity contribution < 1.29 is 4.74 Å². The van der Waals surface area contributed by atoms with Crippen LogP contribution in [0.1, 0.15) is 76.0 Å². The van der Waals surface area contributed by atoms with Gasteiger partial charge < -0.3 is 14.5 Å². The molecule has 0 aromatic heterocycles. The highest BCUT2D eigenvalue weighted by atomic mass is 32.2. The maximum Gasteiger partial charge on any atom is 0.251 e. The third-order valence-corrected chi connectivity index (χ3v) is 14.5. The van der Waals surface area contributed by atoms with Gasteiger partial charge in [-0.3, -0.25) is 0 Å². The molecule has 3 nitrogen and oxygen atoms in total. The van der Waals surface area contributed by atoms with Crippen LogP contribution in [0.3, 0.4) is 0 Å². The molecule has 8 aromatic rings. The van der Waals surface area contributed by atoms with E-state index in [0.717, 1.165) is 39.9 Å². The van der Waals surface area contributed by atoms with E-state index in [1.165, 1.54) is 64.9 Å². The van der Waals surface area contributed by atoms with Crippen LogP contribution in [0.5, 0.6) is 11.5 Å². The Morgan fingerprint density at radius 3 is 1.68 bits per heavy atom. The highest BCUT2D eigenvalue weighted by Crippen LogP contribution is 2.44. The molecule has 0 amide bonds. The lowest BCUT2D eigenvalue weighted by molar-refractivity contribution is 0.488. The summed E-state index contributed by atoms with van der Waals surface area (Å²) in [5.41, 5.74) is 18.9. The van der Waals surface area contributed by atoms with Crippen molar-refractivity contribution >= 4 is 92.1 Å². The summed E-state index contributed by atoms with van der Waals surface area (Å²) in [5.74, 6) is 2.86. The molecule has 3 heterocycles. The number of hydrogen-bond donors (Lipinski definition) is 0. The van der Waals surface area contributed by atoms with Crippen molar-refractivity contribution in [3.63, 3.8) is 0 Å². The average molecular weight is 833 g/mol. The molecule has 11 rings (SSSR count). The highest BCUT2D eigenvalue weighted by Gasteiger charge is 2.44. The molecule has 0 spiro atoms. The lowest BCUT2D eigenvalue weighted by Crippen LogP contribution is -2.63. The Morgan fingerprint density at radius 2 is 1.03 bits per heavy atom.